The van der Waals surface area contributed by atoms with Crippen molar-refractivity contribution in [1.29, 1.82) is 0 Å². The van der Waals surface area contributed by atoms with Crippen molar-refractivity contribution in [2.45, 2.75) is 4.90 Å². The van der Waals surface area contributed by atoms with Crippen molar-refractivity contribution < 1.29 is 27.4 Å². The van der Waals surface area contributed by atoms with Gasteiger partial charge in [0.15, 0.2) is 21.3 Å². The Morgan fingerprint density at radius 2 is 1.58 bits per heavy atom. The van der Waals surface area contributed by atoms with Crippen LogP contribution in [-0.2, 0) is 9.84 Å². The molecular formula is C18H21NO6S. The van der Waals surface area contributed by atoms with Gasteiger partial charge in [0.25, 0.3) is 5.91 Å². The molecule has 2 rings (SSSR count). The van der Waals surface area contributed by atoms with Crippen LogP contribution in [0.3, 0.4) is 0 Å². The molecule has 1 N–H and O–H groups in total. The number of benzene rings is 2. The van der Waals surface area contributed by atoms with E-state index in [-0.39, 0.29) is 17.2 Å². The van der Waals surface area contributed by atoms with Crippen molar-refractivity contribution in [2.24, 2.45) is 0 Å². The van der Waals surface area contributed by atoms with Gasteiger partial charge in [-0.05, 0) is 42.5 Å². The van der Waals surface area contributed by atoms with Gasteiger partial charge in [-0.3, -0.25) is 4.79 Å². The number of methoxy groups -OCH3 is 3. The van der Waals surface area contributed by atoms with Crippen LogP contribution in [-0.4, -0.2) is 48.0 Å². The fraction of sp³-hybridized carbons (Fsp3) is 0.278. The molecule has 1 amide bonds. The number of sulfone groups is 1. The van der Waals surface area contributed by atoms with E-state index in [0.717, 1.165) is 0 Å². The standard InChI is InChI=1S/C18H21NO6S/c1-23-14-5-7-15(8-6-14)26(21,22)11-10-19-18(20)13-4-9-16(24-2)17(12-13)25-3/h4-9,12H,10-11H2,1-3H3,(H,19,20). The largest absolute Gasteiger partial charge is 0.497 e. The molecule has 0 bridgehead atoms. The molecule has 0 aliphatic heterocycles. The predicted molar refractivity (Wildman–Crippen MR) is 96.9 cm³/mol. The van der Waals surface area contributed by atoms with Crippen LogP contribution in [0.5, 0.6) is 17.2 Å². The van der Waals surface area contributed by atoms with Crippen molar-refractivity contribution >= 4 is 15.7 Å². The van der Waals surface area contributed by atoms with Crippen LogP contribution in [0, 0.1) is 0 Å². The average Bonchev–Trinajstić information content (AvgIpc) is 2.67. The Hall–Kier alpha value is -2.74. The second-order valence-electron chi connectivity index (χ2n) is 5.32. The predicted octanol–water partition coefficient (Wildman–Crippen LogP) is 1.92. The van der Waals surface area contributed by atoms with Crippen molar-refractivity contribution in [3.8, 4) is 17.2 Å². The molecule has 140 valence electrons. The first-order valence-electron chi connectivity index (χ1n) is 7.78. The number of hydrogen-bond acceptors (Lipinski definition) is 6. The van der Waals surface area contributed by atoms with Crippen molar-refractivity contribution in [1.82, 2.24) is 5.32 Å². The summed E-state index contributed by atoms with van der Waals surface area (Å²) in [7, 11) is 0.980. The van der Waals surface area contributed by atoms with E-state index >= 15 is 0 Å². The fourth-order valence-corrected chi connectivity index (χ4v) is 3.44. The first-order chi connectivity index (χ1) is 12.4. The molecule has 0 fully saturated rings. The minimum absolute atomic E-state index is 0.0124. The molecule has 0 saturated carbocycles. The van der Waals surface area contributed by atoms with Crippen LogP contribution in [0.4, 0.5) is 0 Å². The summed E-state index contributed by atoms with van der Waals surface area (Å²) >= 11 is 0. The highest BCUT2D eigenvalue weighted by molar-refractivity contribution is 7.91. The molecule has 8 heteroatoms. The molecule has 2 aromatic rings. The van der Waals surface area contributed by atoms with Gasteiger partial charge in [-0.2, -0.15) is 0 Å². The quantitative estimate of drug-likeness (QED) is 0.753. The molecule has 0 aromatic heterocycles. The summed E-state index contributed by atoms with van der Waals surface area (Å²) in [5.74, 6) is 0.900. The van der Waals surface area contributed by atoms with E-state index in [1.165, 1.54) is 39.5 Å². The van der Waals surface area contributed by atoms with Gasteiger partial charge in [0, 0.05) is 12.1 Å². The van der Waals surface area contributed by atoms with Gasteiger partial charge in [0.1, 0.15) is 5.75 Å². The highest BCUT2D eigenvalue weighted by Gasteiger charge is 2.16. The van der Waals surface area contributed by atoms with Gasteiger partial charge in [-0.15, -0.1) is 0 Å². The molecule has 0 heterocycles. The number of nitrogens with one attached hydrogen (secondary N) is 1. The third-order valence-corrected chi connectivity index (χ3v) is 5.45. The Labute approximate surface area is 152 Å². The molecule has 0 unspecified atom stereocenters. The Morgan fingerprint density at radius 1 is 0.923 bits per heavy atom. The normalized spacial score (nSPS) is 10.9. The maximum Gasteiger partial charge on any atom is 0.251 e. The number of rotatable bonds is 8. The Morgan fingerprint density at radius 3 is 2.15 bits per heavy atom. The molecule has 0 atom stereocenters. The molecule has 0 aliphatic rings. The number of ether oxygens (including phenoxy) is 3. The van der Waals surface area contributed by atoms with E-state index < -0.39 is 15.7 Å². The average molecular weight is 379 g/mol. The summed E-state index contributed by atoms with van der Waals surface area (Å²) in [6.07, 6.45) is 0. The smallest absolute Gasteiger partial charge is 0.251 e. The molecule has 0 aliphatic carbocycles. The van der Waals surface area contributed by atoms with Crippen LogP contribution in [0.15, 0.2) is 47.4 Å². The first-order valence-corrected chi connectivity index (χ1v) is 9.43. The number of carbonyl (C=O) groups is 1. The van der Waals surface area contributed by atoms with Crippen LogP contribution in [0.25, 0.3) is 0 Å². The SMILES string of the molecule is COc1ccc(S(=O)(=O)CCNC(=O)c2ccc(OC)c(OC)c2)cc1. The van der Waals surface area contributed by atoms with Gasteiger partial charge in [-0.1, -0.05) is 0 Å². The summed E-state index contributed by atoms with van der Waals surface area (Å²) in [4.78, 5) is 12.4. The Bertz CT molecular complexity index is 862. The van der Waals surface area contributed by atoms with Crippen LogP contribution >= 0.6 is 0 Å². The zero-order valence-electron chi connectivity index (χ0n) is 14.8. The van der Waals surface area contributed by atoms with E-state index in [1.54, 1.807) is 24.3 Å². The number of hydrogen-bond donors (Lipinski definition) is 1. The van der Waals surface area contributed by atoms with Gasteiger partial charge >= 0.3 is 0 Å². The summed E-state index contributed by atoms with van der Waals surface area (Å²) < 4.78 is 39.9. The lowest BCUT2D eigenvalue weighted by Gasteiger charge is -2.10. The van der Waals surface area contributed by atoms with Gasteiger partial charge < -0.3 is 19.5 Å². The zero-order chi connectivity index (χ0) is 19.2. The number of carbonyl (C=O) groups excluding carboxylic acids is 1. The van der Waals surface area contributed by atoms with Crippen molar-refractivity contribution in [2.75, 3.05) is 33.6 Å². The van der Waals surface area contributed by atoms with Crippen LogP contribution < -0.4 is 19.5 Å². The van der Waals surface area contributed by atoms with E-state index in [1.807, 2.05) is 0 Å². The van der Waals surface area contributed by atoms with Gasteiger partial charge in [-0.25, -0.2) is 8.42 Å². The third-order valence-electron chi connectivity index (χ3n) is 3.72. The molecule has 7 nitrogen and oxygen atoms in total. The monoisotopic (exact) mass is 379 g/mol. The van der Waals surface area contributed by atoms with Crippen molar-refractivity contribution in [3.63, 3.8) is 0 Å². The van der Waals surface area contributed by atoms with Gasteiger partial charge in [0.2, 0.25) is 0 Å². The minimum atomic E-state index is -3.50. The summed E-state index contributed by atoms with van der Waals surface area (Å²) in [6.45, 7) is -0.0124. The molecular weight excluding hydrogens is 358 g/mol. The van der Waals surface area contributed by atoms with Crippen LogP contribution in [0.2, 0.25) is 0 Å². The van der Waals surface area contributed by atoms with E-state index in [2.05, 4.69) is 5.32 Å². The second kappa shape index (κ2) is 8.57. The lowest BCUT2D eigenvalue weighted by atomic mass is 10.2. The lowest BCUT2D eigenvalue weighted by molar-refractivity contribution is 0.0955. The van der Waals surface area contributed by atoms with E-state index in [0.29, 0.717) is 22.8 Å². The minimum Gasteiger partial charge on any atom is -0.497 e. The Balaban J connectivity index is 1.98. The molecule has 0 saturated heterocycles. The number of amides is 1. The highest BCUT2D eigenvalue weighted by atomic mass is 32.2. The maximum atomic E-state index is 12.3. The summed E-state index contributed by atoms with van der Waals surface area (Å²) in [5.41, 5.74) is 0.351. The third kappa shape index (κ3) is 4.66. The van der Waals surface area contributed by atoms with Crippen molar-refractivity contribution in [3.05, 3.63) is 48.0 Å². The first kappa shape index (κ1) is 19.6. The van der Waals surface area contributed by atoms with Gasteiger partial charge in [0.05, 0.1) is 32.0 Å². The summed E-state index contributed by atoms with van der Waals surface area (Å²) in [6, 6.07) is 10.8. The lowest BCUT2D eigenvalue weighted by Crippen LogP contribution is -2.29. The molecule has 0 radical (unpaired) electrons. The molecule has 0 spiro atoms. The second-order valence-corrected chi connectivity index (χ2v) is 7.43. The fourth-order valence-electron chi connectivity index (χ4n) is 2.28. The summed E-state index contributed by atoms with van der Waals surface area (Å²) in [5, 5.41) is 2.60. The topological polar surface area (TPSA) is 90.9 Å². The highest BCUT2D eigenvalue weighted by Crippen LogP contribution is 2.27. The molecule has 2 aromatic carbocycles. The van der Waals surface area contributed by atoms with E-state index in [9.17, 15) is 13.2 Å². The van der Waals surface area contributed by atoms with E-state index in [4.69, 9.17) is 14.2 Å². The maximum absolute atomic E-state index is 12.3. The Kier molecular flexibility index (Phi) is 6.46. The molecule has 26 heavy (non-hydrogen) atoms. The van der Waals surface area contributed by atoms with Crippen LogP contribution in [0.1, 0.15) is 10.4 Å². The zero-order valence-corrected chi connectivity index (χ0v) is 15.6.